The minimum Gasteiger partial charge on any atom is -0.490 e. The Morgan fingerprint density at radius 2 is 1.81 bits per heavy atom. The summed E-state index contributed by atoms with van der Waals surface area (Å²) in [5.74, 6) is 1.64. The van der Waals surface area contributed by atoms with Gasteiger partial charge in [-0.25, -0.2) is 8.42 Å². The summed E-state index contributed by atoms with van der Waals surface area (Å²) in [5, 5.41) is 3.76. The number of para-hydroxylation sites is 2. The summed E-state index contributed by atoms with van der Waals surface area (Å²) in [4.78, 5) is 14.5. The number of aryl methyl sites for hydroxylation is 2. The van der Waals surface area contributed by atoms with Crippen molar-refractivity contribution in [3.05, 3.63) is 35.7 Å². The van der Waals surface area contributed by atoms with Gasteiger partial charge in [-0.2, -0.15) is 4.31 Å². The van der Waals surface area contributed by atoms with Gasteiger partial charge in [0.2, 0.25) is 15.9 Å². The van der Waals surface area contributed by atoms with Crippen LogP contribution in [0.2, 0.25) is 0 Å². The number of sulfonamides is 1. The van der Waals surface area contributed by atoms with E-state index in [0.29, 0.717) is 69.3 Å². The van der Waals surface area contributed by atoms with Gasteiger partial charge >= 0.3 is 0 Å². The molecule has 0 saturated carbocycles. The van der Waals surface area contributed by atoms with Crippen molar-refractivity contribution in [1.29, 1.82) is 0 Å². The van der Waals surface area contributed by atoms with Gasteiger partial charge < -0.3 is 18.9 Å². The first-order valence-corrected chi connectivity index (χ1v) is 12.3. The van der Waals surface area contributed by atoms with E-state index in [9.17, 15) is 13.2 Å². The Balaban J connectivity index is 1.50. The first-order chi connectivity index (χ1) is 15.3. The molecule has 3 rings (SSSR count). The largest absolute Gasteiger partial charge is 0.490 e. The van der Waals surface area contributed by atoms with Crippen molar-refractivity contribution in [2.75, 3.05) is 39.4 Å². The lowest BCUT2D eigenvalue weighted by molar-refractivity contribution is -0.131. The van der Waals surface area contributed by atoms with Crippen LogP contribution in [0.1, 0.15) is 37.6 Å². The van der Waals surface area contributed by atoms with Gasteiger partial charge in [0.15, 0.2) is 17.3 Å². The Bertz CT molecular complexity index is 1000. The molecule has 0 bridgehead atoms. The molecule has 0 spiro atoms. The van der Waals surface area contributed by atoms with Crippen LogP contribution in [0.3, 0.4) is 0 Å². The first-order valence-electron chi connectivity index (χ1n) is 10.9. The molecule has 9 nitrogen and oxygen atoms in total. The highest BCUT2D eigenvalue weighted by Crippen LogP contribution is 2.27. The van der Waals surface area contributed by atoms with Crippen molar-refractivity contribution in [2.24, 2.45) is 0 Å². The summed E-state index contributed by atoms with van der Waals surface area (Å²) in [6.07, 6.45) is 1.48. The van der Waals surface area contributed by atoms with Crippen LogP contribution in [0.15, 0.2) is 33.7 Å². The Hall–Kier alpha value is -2.59. The van der Waals surface area contributed by atoms with E-state index in [1.165, 1.54) is 4.31 Å². The first kappa shape index (κ1) is 24.1. The summed E-state index contributed by atoms with van der Waals surface area (Å²) in [5.41, 5.74) is 0.352. The third-order valence-corrected chi connectivity index (χ3v) is 7.46. The zero-order chi connectivity index (χ0) is 23.1. The van der Waals surface area contributed by atoms with E-state index >= 15 is 0 Å². The van der Waals surface area contributed by atoms with E-state index in [4.69, 9.17) is 14.0 Å². The van der Waals surface area contributed by atoms with Crippen molar-refractivity contribution < 1.29 is 27.2 Å². The lowest BCUT2D eigenvalue weighted by atomic mass is 10.2. The molecule has 0 aliphatic carbocycles. The molecule has 1 aromatic heterocycles. The topological polar surface area (TPSA) is 102 Å². The van der Waals surface area contributed by atoms with Crippen LogP contribution in [-0.4, -0.2) is 68.1 Å². The lowest BCUT2D eigenvalue weighted by Gasteiger charge is -2.22. The average Bonchev–Trinajstić information content (AvgIpc) is 2.96. The number of hydrogen-bond acceptors (Lipinski definition) is 7. The van der Waals surface area contributed by atoms with Crippen LogP contribution >= 0.6 is 0 Å². The molecule has 1 saturated heterocycles. The molecule has 1 aliphatic rings. The molecule has 1 fully saturated rings. The molecular weight excluding hydrogens is 434 g/mol. The quantitative estimate of drug-likeness (QED) is 0.525. The fraction of sp³-hybridized carbons (Fsp3) is 0.545. The van der Waals surface area contributed by atoms with Crippen LogP contribution in [-0.2, 0) is 14.8 Å². The molecule has 1 aliphatic heterocycles. The maximum Gasteiger partial charge on any atom is 0.248 e. The van der Waals surface area contributed by atoms with E-state index in [0.717, 1.165) is 0 Å². The van der Waals surface area contributed by atoms with Gasteiger partial charge in [0.1, 0.15) is 10.6 Å². The zero-order valence-corrected chi connectivity index (χ0v) is 19.7. The molecule has 1 amide bonds. The number of amides is 1. The van der Waals surface area contributed by atoms with Crippen LogP contribution in [0, 0.1) is 13.8 Å². The molecule has 176 valence electrons. The van der Waals surface area contributed by atoms with Crippen LogP contribution in [0.4, 0.5) is 0 Å². The molecule has 0 N–H and O–H groups in total. The maximum absolute atomic E-state index is 13.0. The van der Waals surface area contributed by atoms with Crippen LogP contribution < -0.4 is 9.47 Å². The predicted molar refractivity (Wildman–Crippen MR) is 118 cm³/mol. The van der Waals surface area contributed by atoms with E-state index in [1.54, 1.807) is 18.7 Å². The van der Waals surface area contributed by atoms with Crippen molar-refractivity contribution in [1.82, 2.24) is 14.4 Å². The van der Waals surface area contributed by atoms with Gasteiger partial charge in [-0.1, -0.05) is 17.3 Å². The maximum atomic E-state index is 13.0. The highest BCUT2D eigenvalue weighted by Gasteiger charge is 2.32. The van der Waals surface area contributed by atoms with Crippen LogP contribution in [0.5, 0.6) is 11.5 Å². The second-order valence-electron chi connectivity index (χ2n) is 7.62. The Morgan fingerprint density at radius 3 is 2.47 bits per heavy atom. The minimum atomic E-state index is -3.71. The second-order valence-corrected chi connectivity index (χ2v) is 9.50. The summed E-state index contributed by atoms with van der Waals surface area (Å²) >= 11 is 0. The van der Waals surface area contributed by atoms with E-state index < -0.39 is 10.0 Å². The Morgan fingerprint density at radius 1 is 1.09 bits per heavy atom. The monoisotopic (exact) mass is 465 g/mol. The van der Waals surface area contributed by atoms with E-state index in [2.05, 4.69) is 5.16 Å². The molecule has 1 aromatic carbocycles. The number of aromatic nitrogens is 1. The molecule has 0 radical (unpaired) electrons. The summed E-state index contributed by atoms with van der Waals surface area (Å²) in [7, 11) is -3.71. The van der Waals surface area contributed by atoms with Gasteiger partial charge in [0.05, 0.1) is 13.2 Å². The number of benzene rings is 1. The van der Waals surface area contributed by atoms with Crippen molar-refractivity contribution in [2.45, 2.75) is 44.9 Å². The van der Waals surface area contributed by atoms with E-state index in [-0.39, 0.29) is 23.1 Å². The molecular formula is C22H31N3O6S. The minimum absolute atomic E-state index is 0.00304. The van der Waals surface area contributed by atoms with Crippen LogP contribution in [0.25, 0.3) is 0 Å². The number of rotatable bonds is 9. The average molecular weight is 466 g/mol. The number of carbonyl (C=O) groups is 1. The van der Waals surface area contributed by atoms with E-state index in [1.807, 2.05) is 31.2 Å². The number of carbonyl (C=O) groups excluding carboxylic acids is 1. The lowest BCUT2D eigenvalue weighted by Crippen LogP contribution is -2.37. The Labute approximate surface area is 189 Å². The Kier molecular flexibility index (Phi) is 8.14. The second kappa shape index (κ2) is 10.8. The van der Waals surface area contributed by atoms with Crippen molar-refractivity contribution in [3.8, 4) is 11.5 Å². The van der Waals surface area contributed by atoms with Crippen molar-refractivity contribution in [3.63, 3.8) is 0 Å². The SMILES string of the molecule is CCOc1ccccc1OCCCC(=O)N1CCCN(S(=O)(=O)c2c(C)noc2C)CC1. The molecule has 2 heterocycles. The number of hydrogen-bond donors (Lipinski definition) is 0. The molecule has 0 atom stereocenters. The smallest absolute Gasteiger partial charge is 0.248 e. The summed E-state index contributed by atoms with van der Waals surface area (Å²) in [6.45, 7) is 7.56. The molecule has 0 unspecified atom stereocenters. The fourth-order valence-electron chi connectivity index (χ4n) is 3.76. The predicted octanol–water partition coefficient (Wildman–Crippen LogP) is 2.77. The third-order valence-electron chi connectivity index (χ3n) is 5.31. The third kappa shape index (κ3) is 5.60. The van der Waals surface area contributed by atoms with Gasteiger partial charge in [-0.05, 0) is 45.7 Å². The summed E-state index contributed by atoms with van der Waals surface area (Å²) < 4.78 is 43.8. The van der Waals surface area contributed by atoms with Gasteiger partial charge in [-0.3, -0.25) is 4.79 Å². The molecule has 10 heteroatoms. The van der Waals surface area contributed by atoms with Gasteiger partial charge in [-0.15, -0.1) is 0 Å². The number of nitrogens with zero attached hydrogens (tertiary/aromatic N) is 3. The van der Waals surface area contributed by atoms with Gasteiger partial charge in [0.25, 0.3) is 0 Å². The van der Waals surface area contributed by atoms with Crippen molar-refractivity contribution >= 4 is 15.9 Å². The standard InChI is InChI=1S/C22H31N3O6S/c1-4-29-19-9-5-6-10-20(19)30-16-7-11-21(26)24-12-8-13-25(15-14-24)32(27,28)22-17(2)23-31-18(22)3/h5-6,9-10H,4,7-8,11-16H2,1-3H3. The fourth-order valence-corrected chi connectivity index (χ4v) is 5.52. The number of ether oxygens (including phenoxy) is 2. The van der Waals surface area contributed by atoms with Gasteiger partial charge in [0, 0.05) is 32.6 Å². The highest BCUT2D eigenvalue weighted by molar-refractivity contribution is 7.89. The molecule has 32 heavy (non-hydrogen) atoms. The molecule has 2 aromatic rings. The zero-order valence-electron chi connectivity index (χ0n) is 18.9. The highest BCUT2D eigenvalue weighted by atomic mass is 32.2. The summed E-state index contributed by atoms with van der Waals surface area (Å²) in [6, 6.07) is 7.46. The normalized spacial score (nSPS) is 15.4.